The number of rotatable bonds is 5. The highest BCUT2D eigenvalue weighted by molar-refractivity contribution is 5.26. The highest BCUT2D eigenvalue weighted by atomic mass is 14.6. The maximum absolute atomic E-state index is 6.03. The summed E-state index contributed by atoms with van der Waals surface area (Å²) in [6, 6.07) is 10.7. The maximum Gasteiger partial charge on any atom is 0.00983 e. The van der Waals surface area contributed by atoms with Crippen LogP contribution in [0.3, 0.4) is 0 Å². The van der Waals surface area contributed by atoms with Crippen LogP contribution >= 0.6 is 0 Å². The average molecular weight is 205 g/mol. The van der Waals surface area contributed by atoms with E-state index in [-0.39, 0.29) is 5.41 Å². The molecule has 0 aliphatic heterocycles. The van der Waals surface area contributed by atoms with Crippen molar-refractivity contribution in [1.29, 1.82) is 0 Å². The van der Waals surface area contributed by atoms with Gasteiger partial charge < -0.3 is 5.73 Å². The molecular weight excluding hydrogens is 182 g/mol. The van der Waals surface area contributed by atoms with Crippen molar-refractivity contribution >= 4 is 0 Å². The Morgan fingerprint density at radius 3 is 2.20 bits per heavy atom. The first-order chi connectivity index (χ1) is 7.21. The monoisotopic (exact) mass is 205 g/mol. The minimum absolute atomic E-state index is 0.163. The normalized spacial score (nSPS) is 17.1. The molecule has 1 aromatic rings. The molecule has 1 heteroatoms. The van der Waals surface area contributed by atoms with Gasteiger partial charge in [0.05, 0.1) is 0 Å². The average Bonchev–Trinajstić information content (AvgIpc) is 2.32. The van der Waals surface area contributed by atoms with Gasteiger partial charge in [-0.1, -0.05) is 57.5 Å². The van der Waals surface area contributed by atoms with Gasteiger partial charge in [0.2, 0.25) is 0 Å². The molecule has 0 saturated carbocycles. The minimum Gasteiger partial charge on any atom is -0.330 e. The third-order valence-electron chi connectivity index (χ3n) is 3.90. The van der Waals surface area contributed by atoms with Crippen LogP contribution in [0.5, 0.6) is 0 Å². The highest BCUT2D eigenvalue weighted by Gasteiger charge is 2.33. The lowest BCUT2D eigenvalue weighted by Crippen LogP contribution is -2.40. The smallest absolute Gasteiger partial charge is 0.00983 e. The molecule has 1 nitrogen and oxygen atoms in total. The van der Waals surface area contributed by atoms with Crippen molar-refractivity contribution in [2.75, 3.05) is 6.54 Å². The second-order valence-electron chi connectivity index (χ2n) is 4.39. The van der Waals surface area contributed by atoms with Gasteiger partial charge in [-0.05, 0) is 17.9 Å². The van der Waals surface area contributed by atoms with Crippen LogP contribution < -0.4 is 5.73 Å². The molecule has 2 atom stereocenters. The molecule has 0 spiro atoms. The molecule has 0 aromatic heterocycles. The number of benzene rings is 1. The maximum atomic E-state index is 6.03. The summed E-state index contributed by atoms with van der Waals surface area (Å²) >= 11 is 0. The van der Waals surface area contributed by atoms with Gasteiger partial charge in [-0.3, -0.25) is 0 Å². The van der Waals surface area contributed by atoms with Gasteiger partial charge in [0.25, 0.3) is 0 Å². The Labute approximate surface area is 93.7 Å². The molecule has 1 aromatic carbocycles. The lowest BCUT2D eigenvalue weighted by atomic mass is 9.68. The predicted molar refractivity (Wildman–Crippen MR) is 66.9 cm³/mol. The minimum atomic E-state index is 0.163. The zero-order chi connectivity index (χ0) is 11.3. The van der Waals surface area contributed by atoms with Crippen LogP contribution in [0.4, 0.5) is 0 Å². The number of hydrogen-bond donors (Lipinski definition) is 1. The van der Waals surface area contributed by atoms with Crippen LogP contribution in [0, 0.1) is 5.92 Å². The first kappa shape index (κ1) is 12.3. The lowest BCUT2D eigenvalue weighted by molar-refractivity contribution is 0.276. The molecule has 2 unspecified atom stereocenters. The highest BCUT2D eigenvalue weighted by Crippen LogP contribution is 2.36. The van der Waals surface area contributed by atoms with Gasteiger partial charge in [-0.25, -0.2) is 0 Å². The Morgan fingerprint density at radius 2 is 1.80 bits per heavy atom. The fourth-order valence-corrected chi connectivity index (χ4v) is 2.46. The third kappa shape index (κ3) is 2.23. The van der Waals surface area contributed by atoms with E-state index in [2.05, 4.69) is 51.1 Å². The van der Waals surface area contributed by atoms with E-state index in [4.69, 9.17) is 5.73 Å². The van der Waals surface area contributed by atoms with Crippen LogP contribution in [0.25, 0.3) is 0 Å². The summed E-state index contributed by atoms with van der Waals surface area (Å²) in [7, 11) is 0. The molecule has 0 aliphatic rings. The molecular formula is C14H23N. The molecule has 15 heavy (non-hydrogen) atoms. The Bertz CT molecular complexity index is 275. The van der Waals surface area contributed by atoms with Gasteiger partial charge in [-0.15, -0.1) is 0 Å². The summed E-state index contributed by atoms with van der Waals surface area (Å²) in [4.78, 5) is 0. The van der Waals surface area contributed by atoms with E-state index in [1.165, 1.54) is 12.0 Å². The fourth-order valence-electron chi connectivity index (χ4n) is 2.46. The predicted octanol–water partition coefficient (Wildman–Crippen LogP) is 3.34. The zero-order valence-electron chi connectivity index (χ0n) is 10.2. The summed E-state index contributed by atoms with van der Waals surface area (Å²) in [5.74, 6) is 0.634. The second-order valence-corrected chi connectivity index (χ2v) is 4.39. The SMILES string of the molecule is CCC(C)C(CC)(CN)c1ccccc1. The van der Waals surface area contributed by atoms with E-state index in [0.717, 1.165) is 13.0 Å². The van der Waals surface area contributed by atoms with Gasteiger partial charge in [-0.2, -0.15) is 0 Å². The van der Waals surface area contributed by atoms with Crippen molar-refractivity contribution < 1.29 is 0 Å². The largest absolute Gasteiger partial charge is 0.330 e. The van der Waals surface area contributed by atoms with Crippen molar-refractivity contribution in [3.05, 3.63) is 35.9 Å². The van der Waals surface area contributed by atoms with Crippen LogP contribution in [-0.2, 0) is 5.41 Å². The van der Waals surface area contributed by atoms with E-state index in [0.29, 0.717) is 5.92 Å². The van der Waals surface area contributed by atoms with Crippen molar-refractivity contribution in [1.82, 2.24) is 0 Å². The summed E-state index contributed by atoms with van der Waals surface area (Å²) in [6.07, 6.45) is 2.29. The standard InChI is InChI=1S/C14H23N/c1-4-12(3)14(5-2,11-15)13-9-7-6-8-10-13/h6-10,12H,4-5,11,15H2,1-3H3. The molecule has 84 valence electrons. The van der Waals surface area contributed by atoms with Crippen molar-refractivity contribution in [2.24, 2.45) is 11.7 Å². The lowest BCUT2D eigenvalue weighted by Gasteiger charge is -2.38. The Balaban J connectivity index is 3.11. The van der Waals surface area contributed by atoms with E-state index in [9.17, 15) is 0 Å². The van der Waals surface area contributed by atoms with Crippen LogP contribution in [0.15, 0.2) is 30.3 Å². The first-order valence-electron chi connectivity index (χ1n) is 5.96. The Hall–Kier alpha value is -0.820. The van der Waals surface area contributed by atoms with Crippen molar-refractivity contribution in [2.45, 2.75) is 39.0 Å². The van der Waals surface area contributed by atoms with Crippen LogP contribution in [-0.4, -0.2) is 6.54 Å². The molecule has 0 saturated heterocycles. The molecule has 2 N–H and O–H groups in total. The molecule has 0 heterocycles. The van der Waals surface area contributed by atoms with E-state index < -0.39 is 0 Å². The van der Waals surface area contributed by atoms with Gasteiger partial charge in [0, 0.05) is 12.0 Å². The van der Waals surface area contributed by atoms with Crippen LogP contribution in [0.2, 0.25) is 0 Å². The quantitative estimate of drug-likeness (QED) is 0.784. The Morgan fingerprint density at radius 1 is 1.20 bits per heavy atom. The molecule has 1 rings (SSSR count). The van der Waals surface area contributed by atoms with Gasteiger partial charge in [0.15, 0.2) is 0 Å². The van der Waals surface area contributed by atoms with Crippen molar-refractivity contribution in [3.8, 4) is 0 Å². The fraction of sp³-hybridized carbons (Fsp3) is 0.571. The Kier molecular flexibility index (Phi) is 4.34. The summed E-state index contributed by atoms with van der Waals surface area (Å²) in [5, 5.41) is 0. The molecule has 0 amide bonds. The van der Waals surface area contributed by atoms with Gasteiger partial charge >= 0.3 is 0 Å². The summed E-state index contributed by atoms with van der Waals surface area (Å²) in [6.45, 7) is 7.53. The van der Waals surface area contributed by atoms with E-state index in [1.807, 2.05) is 0 Å². The van der Waals surface area contributed by atoms with E-state index in [1.54, 1.807) is 0 Å². The first-order valence-corrected chi connectivity index (χ1v) is 5.96. The molecule has 0 bridgehead atoms. The third-order valence-corrected chi connectivity index (χ3v) is 3.90. The number of nitrogens with two attached hydrogens (primary N) is 1. The molecule has 0 aliphatic carbocycles. The topological polar surface area (TPSA) is 26.0 Å². The van der Waals surface area contributed by atoms with Crippen LogP contribution in [0.1, 0.15) is 39.2 Å². The second kappa shape index (κ2) is 5.32. The summed E-state index contributed by atoms with van der Waals surface area (Å²) < 4.78 is 0. The summed E-state index contributed by atoms with van der Waals surface area (Å²) in [5.41, 5.74) is 7.58. The molecule has 0 radical (unpaired) electrons. The molecule has 0 fully saturated rings. The van der Waals surface area contributed by atoms with Crippen molar-refractivity contribution in [3.63, 3.8) is 0 Å². The van der Waals surface area contributed by atoms with Gasteiger partial charge in [0.1, 0.15) is 0 Å². The zero-order valence-corrected chi connectivity index (χ0v) is 10.2. The number of hydrogen-bond acceptors (Lipinski definition) is 1. The van der Waals surface area contributed by atoms with E-state index >= 15 is 0 Å².